The van der Waals surface area contributed by atoms with Crippen LogP contribution in [0.15, 0.2) is 65.6 Å². The Balaban J connectivity index is 1.67. The average Bonchev–Trinajstić information content (AvgIpc) is 2.77. The van der Waals surface area contributed by atoms with Crippen molar-refractivity contribution in [2.45, 2.75) is 37.9 Å². The summed E-state index contributed by atoms with van der Waals surface area (Å²) in [5.74, 6) is 0.0944. The summed E-state index contributed by atoms with van der Waals surface area (Å²) in [6, 6.07) is 13.3. The Hall–Kier alpha value is -3.24. The lowest BCUT2D eigenvalue weighted by Gasteiger charge is -2.16. The molecule has 0 saturated heterocycles. The number of rotatable bonds is 7. The summed E-state index contributed by atoms with van der Waals surface area (Å²) in [5.41, 5.74) is 0.978. The Morgan fingerprint density at radius 3 is 2.17 bits per heavy atom. The van der Waals surface area contributed by atoms with Crippen LogP contribution in [0, 0.1) is 13.8 Å². The van der Waals surface area contributed by atoms with Gasteiger partial charge in [-0.3, -0.25) is 9.52 Å². The number of hydrogen-bond donors (Lipinski definition) is 2. The van der Waals surface area contributed by atoms with Gasteiger partial charge in [-0.15, -0.1) is 0 Å². The summed E-state index contributed by atoms with van der Waals surface area (Å²) >= 11 is 5.57. The fraction of sp³-hybridized carbons (Fsp3) is 0.208. The number of benzene rings is 3. The van der Waals surface area contributed by atoms with Crippen molar-refractivity contribution < 1.29 is 31.1 Å². The summed E-state index contributed by atoms with van der Waals surface area (Å²) in [4.78, 5) is 12.3. The number of alkyl halides is 3. The van der Waals surface area contributed by atoms with Crippen LogP contribution in [-0.4, -0.2) is 20.4 Å². The second-order valence-corrected chi connectivity index (χ2v) is 9.91. The first-order valence-electron chi connectivity index (χ1n) is 10.3. The molecule has 0 bridgehead atoms. The highest BCUT2D eigenvalue weighted by molar-refractivity contribution is 7.92. The second-order valence-electron chi connectivity index (χ2n) is 7.82. The molecule has 0 heterocycles. The van der Waals surface area contributed by atoms with Crippen LogP contribution in [0.1, 0.15) is 23.6 Å². The van der Waals surface area contributed by atoms with Gasteiger partial charge in [-0.2, -0.15) is 13.2 Å². The van der Waals surface area contributed by atoms with Crippen LogP contribution in [0.25, 0.3) is 0 Å². The molecule has 2 N–H and O–H groups in total. The number of sulfonamides is 1. The lowest BCUT2D eigenvalue weighted by atomic mass is 10.1. The van der Waals surface area contributed by atoms with E-state index in [1.54, 1.807) is 13.0 Å². The van der Waals surface area contributed by atoms with Gasteiger partial charge in [-0.05, 0) is 86.5 Å². The number of carbonyl (C=O) groups is 1. The minimum atomic E-state index is -4.74. The maximum absolute atomic E-state index is 13.0. The van der Waals surface area contributed by atoms with E-state index in [0.29, 0.717) is 17.5 Å². The van der Waals surface area contributed by atoms with Crippen LogP contribution in [0.2, 0.25) is 5.02 Å². The number of hydrogen-bond acceptors (Lipinski definition) is 4. The number of carbonyl (C=O) groups excluding carboxylic acids is 1. The molecule has 11 heteroatoms. The molecule has 3 aromatic rings. The smallest absolute Gasteiger partial charge is 0.417 e. The van der Waals surface area contributed by atoms with Gasteiger partial charge < -0.3 is 10.1 Å². The fourth-order valence-electron chi connectivity index (χ4n) is 3.03. The highest BCUT2D eigenvalue weighted by Gasteiger charge is 2.33. The normalized spacial score (nSPS) is 12.7. The minimum absolute atomic E-state index is 0.210. The third-order valence-electron chi connectivity index (χ3n) is 5.12. The van der Waals surface area contributed by atoms with Crippen LogP contribution in [0.3, 0.4) is 0 Å². The molecule has 0 fully saturated rings. The number of anilines is 2. The van der Waals surface area contributed by atoms with E-state index in [1.807, 2.05) is 26.0 Å². The Morgan fingerprint density at radius 2 is 1.57 bits per heavy atom. The topological polar surface area (TPSA) is 84.5 Å². The molecule has 0 aromatic heterocycles. The van der Waals surface area contributed by atoms with E-state index < -0.39 is 38.8 Å². The van der Waals surface area contributed by atoms with Gasteiger partial charge in [0.15, 0.2) is 6.10 Å². The summed E-state index contributed by atoms with van der Waals surface area (Å²) in [5, 5.41) is 2.08. The zero-order valence-corrected chi connectivity index (χ0v) is 20.5. The predicted octanol–water partition coefficient (Wildman–Crippen LogP) is 6.18. The lowest BCUT2D eigenvalue weighted by molar-refractivity contribution is -0.137. The highest BCUT2D eigenvalue weighted by Crippen LogP contribution is 2.36. The van der Waals surface area contributed by atoms with Crippen molar-refractivity contribution in [1.82, 2.24) is 0 Å². The van der Waals surface area contributed by atoms with E-state index >= 15 is 0 Å². The van der Waals surface area contributed by atoms with Crippen molar-refractivity contribution in [3.05, 3.63) is 82.4 Å². The molecular weight excluding hydrogens is 505 g/mol. The van der Waals surface area contributed by atoms with E-state index in [9.17, 15) is 26.4 Å². The van der Waals surface area contributed by atoms with Crippen LogP contribution in [0.4, 0.5) is 24.5 Å². The summed E-state index contributed by atoms with van der Waals surface area (Å²) in [6.07, 6.45) is -5.56. The number of nitrogens with one attached hydrogen (secondary N) is 2. The molecular formula is C24H22ClF3N2O4S. The van der Waals surface area contributed by atoms with Crippen molar-refractivity contribution in [2.75, 3.05) is 10.0 Å². The summed E-state index contributed by atoms with van der Waals surface area (Å²) in [6.45, 7) is 5.47. The van der Waals surface area contributed by atoms with E-state index in [-0.39, 0.29) is 10.6 Å². The minimum Gasteiger partial charge on any atom is -0.481 e. The second kappa shape index (κ2) is 10.2. The van der Waals surface area contributed by atoms with Crippen LogP contribution < -0.4 is 14.8 Å². The number of halogens is 4. The SMILES string of the molecule is Cc1ccc(O[C@@H](C)C(=O)Nc2ccc(S(=O)(=O)Nc3ccc(Cl)c(C(F)(F)F)c3)cc2)cc1C. The van der Waals surface area contributed by atoms with Crippen LogP contribution >= 0.6 is 11.6 Å². The molecule has 0 aliphatic rings. The Bertz CT molecular complexity index is 1340. The van der Waals surface area contributed by atoms with Gasteiger partial charge in [0.05, 0.1) is 15.5 Å². The number of amides is 1. The van der Waals surface area contributed by atoms with Gasteiger partial charge in [-0.1, -0.05) is 17.7 Å². The van der Waals surface area contributed by atoms with Gasteiger partial charge in [0, 0.05) is 11.4 Å². The van der Waals surface area contributed by atoms with Crippen molar-refractivity contribution in [1.29, 1.82) is 0 Å². The molecule has 0 aliphatic heterocycles. The Morgan fingerprint density at radius 1 is 0.943 bits per heavy atom. The molecule has 0 saturated carbocycles. The van der Waals surface area contributed by atoms with E-state index in [4.69, 9.17) is 16.3 Å². The van der Waals surface area contributed by atoms with Crippen molar-refractivity contribution in [2.24, 2.45) is 0 Å². The lowest BCUT2D eigenvalue weighted by Crippen LogP contribution is -2.30. The number of ether oxygens (including phenoxy) is 1. The third kappa shape index (κ3) is 6.67. The zero-order chi connectivity index (χ0) is 26.0. The van der Waals surface area contributed by atoms with Gasteiger partial charge in [0.1, 0.15) is 5.75 Å². The van der Waals surface area contributed by atoms with Gasteiger partial charge in [-0.25, -0.2) is 8.42 Å². The molecule has 1 amide bonds. The van der Waals surface area contributed by atoms with Crippen molar-refractivity contribution in [3.63, 3.8) is 0 Å². The predicted molar refractivity (Wildman–Crippen MR) is 128 cm³/mol. The van der Waals surface area contributed by atoms with Gasteiger partial charge >= 0.3 is 6.18 Å². The van der Waals surface area contributed by atoms with Crippen molar-refractivity contribution >= 4 is 38.9 Å². The molecule has 0 spiro atoms. The third-order valence-corrected chi connectivity index (χ3v) is 6.84. The zero-order valence-electron chi connectivity index (χ0n) is 18.9. The molecule has 3 aromatic carbocycles. The number of aryl methyl sites for hydroxylation is 2. The summed E-state index contributed by atoms with van der Waals surface area (Å²) in [7, 11) is -4.20. The monoisotopic (exact) mass is 526 g/mol. The molecule has 0 aliphatic carbocycles. The largest absolute Gasteiger partial charge is 0.481 e. The molecule has 1 atom stereocenters. The fourth-order valence-corrected chi connectivity index (χ4v) is 4.30. The quantitative estimate of drug-likeness (QED) is 0.385. The van der Waals surface area contributed by atoms with Gasteiger partial charge in [0.2, 0.25) is 0 Å². The average molecular weight is 527 g/mol. The molecule has 3 rings (SSSR count). The molecule has 186 valence electrons. The first-order valence-corrected chi connectivity index (χ1v) is 12.2. The van der Waals surface area contributed by atoms with Crippen molar-refractivity contribution in [3.8, 4) is 5.75 Å². The molecule has 35 heavy (non-hydrogen) atoms. The Kier molecular flexibility index (Phi) is 7.66. The van der Waals surface area contributed by atoms with Crippen LogP contribution in [0.5, 0.6) is 5.75 Å². The van der Waals surface area contributed by atoms with E-state index in [1.165, 1.54) is 24.3 Å². The summed E-state index contributed by atoms with van der Waals surface area (Å²) < 4.78 is 72.1. The highest BCUT2D eigenvalue weighted by atomic mass is 35.5. The molecule has 6 nitrogen and oxygen atoms in total. The van der Waals surface area contributed by atoms with E-state index in [2.05, 4.69) is 10.0 Å². The standard InChI is InChI=1S/C24H22ClF3N2O4S/c1-14-4-8-19(12-15(14)2)34-16(3)23(31)29-17-5-9-20(10-6-17)35(32,33)30-18-7-11-22(25)21(13-18)24(26,27)28/h4-13,16,30H,1-3H3,(H,29,31)/t16-/m0/s1. The molecule has 0 radical (unpaired) electrons. The maximum atomic E-state index is 13.0. The molecule has 0 unspecified atom stereocenters. The Labute approximate surface area is 206 Å². The first-order chi connectivity index (χ1) is 16.3. The van der Waals surface area contributed by atoms with E-state index in [0.717, 1.165) is 23.3 Å². The van der Waals surface area contributed by atoms with Crippen LogP contribution in [-0.2, 0) is 21.0 Å². The van der Waals surface area contributed by atoms with Gasteiger partial charge in [0.25, 0.3) is 15.9 Å². The first kappa shape index (κ1) is 26.4. The maximum Gasteiger partial charge on any atom is 0.417 e.